The topological polar surface area (TPSA) is 52.0 Å². The van der Waals surface area contributed by atoms with Gasteiger partial charge in [0.2, 0.25) is 0 Å². The van der Waals surface area contributed by atoms with Crippen LogP contribution < -0.4 is 5.56 Å². The molecular weight excluding hydrogens is 372 g/mol. The van der Waals surface area contributed by atoms with Crippen LogP contribution in [-0.4, -0.2) is 15.3 Å². The summed E-state index contributed by atoms with van der Waals surface area (Å²) in [6.07, 6.45) is 2.29. The molecule has 5 rings (SSSR count). The van der Waals surface area contributed by atoms with Gasteiger partial charge >= 0.3 is 0 Å². The first-order valence-electron chi connectivity index (χ1n) is 8.99. The average molecular weight is 387 g/mol. The molecule has 5 heteroatoms. The molecular formula is C23H15ClN2O2. The first-order chi connectivity index (χ1) is 13.6. The summed E-state index contributed by atoms with van der Waals surface area (Å²) >= 11 is 5.95. The van der Waals surface area contributed by atoms with Crippen LogP contribution in [0.5, 0.6) is 0 Å². The van der Waals surface area contributed by atoms with E-state index in [1.54, 1.807) is 18.2 Å². The highest BCUT2D eigenvalue weighted by molar-refractivity contribution is 6.31. The third-order valence-corrected chi connectivity index (χ3v) is 5.46. The zero-order chi connectivity index (χ0) is 19.3. The predicted octanol–water partition coefficient (Wildman–Crippen LogP) is 4.50. The Morgan fingerprint density at radius 1 is 1.00 bits per heavy atom. The molecule has 1 aliphatic rings. The van der Waals surface area contributed by atoms with Crippen LogP contribution in [0, 0.1) is 0 Å². The van der Waals surface area contributed by atoms with Crippen molar-refractivity contribution < 1.29 is 4.79 Å². The average Bonchev–Trinajstić information content (AvgIpc) is 3.08. The van der Waals surface area contributed by atoms with Crippen LogP contribution in [0.15, 0.2) is 71.8 Å². The molecule has 0 bridgehead atoms. The molecule has 0 aliphatic heterocycles. The van der Waals surface area contributed by atoms with E-state index in [4.69, 9.17) is 11.6 Å². The molecule has 0 N–H and O–H groups in total. The van der Waals surface area contributed by atoms with E-state index < -0.39 is 0 Å². The minimum atomic E-state index is -0.249. The number of rotatable bonds is 3. The second-order valence-electron chi connectivity index (χ2n) is 6.97. The van der Waals surface area contributed by atoms with Gasteiger partial charge in [0, 0.05) is 10.6 Å². The molecule has 1 heterocycles. The van der Waals surface area contributed by atoms with E-state index in [2.05, 4.69) is 17.1 Å². The van der Waals surface area contributed by atoms with Gasteiger partial charge in [-0.3, -0.25) is 14.2 Å². The number of fused-ring (bicyclic) bond motifs is 4. The smallest absolute Gasteiger partial charge is 0.261 e. The monoisotopic (exact) mass is 386 g/mol. The van der Waals surface area contributed by atoms with Crippen LogP contribution >= 0.6 is 11.6 Å². The lowest BCUT2D eigenvalue weighted by Gasteiger charge is -2.08. The molecule has 0 atom stereocenters. The Balaban J connectivity index is 1.49. The van der Waals surface area contributed by atoms with E-state index in [9.17, 15) is 9.59 Å². The van der Waals surface area contributed by atoms with Gasteiger partial charge in [0.1, 0.15) is 0 Å². The predicted molar refractivity (Wildman–Crippen MR) is 110 cm³/mol. The number of hydrogen-bond donors (Lipinski definition) is 0. The van der Waals surface area contributed by atoms with Crippen molar-refractivity contribution >= 4 is 28.3 Å². The quantitative estimate of drug-likeness (QED) is 0.429. The summed E-state index contributed by atoms with van der Waals surface area (Å²) in [5.74, 6) is -0.121. The molecule has 0 saturated heterocycles. The fraction of sp³-hybridized carbons (Fsp3) is 0.0870. The van der Waals surface area contributed by atoms with Gasteiger partial charge in [-0.15, -0.1) is 0 Å². The number of carbonyl (C=O) groups excluding carboxylic acids is 1. The van der Waals surface area contributed by atoms with E-state index >= 15 is 0 Å². The summed E-state index contributed by atoms with van der Waals surface area (Å²) in [5.41, 5.74) is 5.64. The number of Topliss-reactive ketones (excluding diaryl/α,β-unsaturated/α-hetero) is 1. The van der Waals surface area contributed by atoms with E-state index in [0.29, 0.717) is 21.5 Å². The number of aromatic nitrogens is 2. The number of carbonyl (C=O) groups is 1. The van der Waals surface area contributed by atoms with Crippen molar-refractivity contribution in [2.24, 2.45) is 0 Å². The minimum absolute atomic E-state index is 0.0508. The molecule has 0 amide bonds. The molecule has 1 aromatic heterocycles. The van der Waals surface area contributed by atoms with Crippen molar-refractivity contribution in [2.75, 3.05) is 0 Å². The lowest BCUT2D eigenvalue weighted by molar-refractivity contribution is 0.0970. The van der Waals surface area contributed by atoms with Crippen LogP contribution in [0.1, 0.15) is 21.5 Å². The molecule has 1 aliphatic carbocycles. The van der Waals surface area contributed by atoms with Crippen molar-refractivity contribution in [2.45, 2.75) is 13.0 Å². The van der Waals surface area contributed by atoms with Gasteiger partial charge < -0.3 is 0 Å². The first-order valence-corrected chi connectivity index (χ1v) is 9.37. The van der Waals surface area contributed by atoms with Crippen molar-refractivity contribution in [3.05, 3.63) is 99.1 Å². The van der Waals surface area contributed by atoms with Crippen LogP contribution in [0.4, 0.5) is 0 Å². The van der Waals surface area contributed by atoms with E-state index in [1.807, 2.05) is 30.3 Å². The zero-order valence-electron chi connectivity index (χ0n) is 14.9. The Bertz CT molecular complexity index is 1320. The Hall–Kier alpha value is -3.24. The van der Waals surface area contributed by atoms with Crippen molar-refractivity contribution in [3.8, 4) is 11.1 Å². The van der Waals surface area contributed by atoms with Gasteiger partial charge in [0.05, 0.1) is 23.8 Å². The van der Waals surface area contributed by atoms with Crippen LogP contribution in [0.2, 0.25) is 5.02 Å². The molecule has 0 spiro atoms. The second-order valence-corrected chi connectivity index (χ2v) is 7.40. The maximum absolute atomic E-state index is 12.9. The summed E-state index contributed by atoms with van der Waals surface area (Å²) in [6, 6.07) is 18.9. The third kappa shape index (κ3) is 2.74. The summed E-state index contributed by atoms with van der Waals surface area (Å²) in [7, 11) is 0. The van der Waals surface area contributed by atoms with Crippen molar-refractivity contribution in [1.82, 2.24) is 9.55 Å². The van der Waals surface area contributed by atoms with Crippen molar-refractivity contribution in [1.29, 1.82) is 0 Å². The van der Waals surface area contributed by atoms with Gasteiger partial charge in [-0.1, -0.05) is 48.0 Å². The molecule has 0 fully saturated rings. The Labute approximate surface area is 166 Å². The molecule has 0 unspecified atom stereocenters. The van der Waals surface area contributed by atoms with Gasteiger partial charge in [0.25, 0.3) is 5.56 Å². The number of nitrogens with zero attached hydrogens (tertiary/aromatic N) is 2. The third-order valence-electron chi connectivity index (χ3n) is 5.22. The molecule has 28 heavy (non-hydrogen) atoms. The van der Waals surface area contributed by atoms with Crippen LogP contribution in [0.3, 0.4) is 0 Å². The fourth-order valence-corrected chi connectivity index (χ4v) is 3.95. The van der Waals surface area contributed by atoms with Gasteiger partial charge in [0.15, 0.2) is 5.78 Å². The van der Waals surface area contributed by atoms with Gasteiger partial charge in [-0.25, -0.2) is 4.98 Å². The summed E-state index contributed by atoms with van der Waals surface area (Å²) < 4.78 is 1.35. The summed E-state index contributed by atoms with van der Waals surface area (Å²) in [6.45, 7) is -0.0508. The van der Waals surface area contributed by atoms with Gasteiger partial charge in [-0.05, 0) is 52.9 Å². The normalized spacial score (nSPS) is 12.0. The Morgan fingerprint density at radius 3 is 2.71 bits per heavy atom. The molecule has 0 radical (unpaired) electrons. The molecule has 3 aromatic carbocycles. The number of hydrogen-bond acceptors (Lipinski definition) is 3. The summed E-state index contributed by atoms with van der Waals surface area (Å²) in [5, 5.41) is 0.967. The largest absolute Gasteiger partial charge is 0.292 e. The highest BCUT2D eigenvalue weighted by atomic mass is 35.5. The van der Waals surface area contributed by atoms with Crippen molar-refractivity contribution in [3.63, 3.8) is 0 Å². The standard InChI is InChI=1S/C23H15ClN2O2/c24-17-7-8-19-21(11-17)25-13-26(23(19)28)12-22(27)16-6-5-15-9-14-3-1-2-4-18(14)20(15)10-16/h1-8,10-11,13H,9,12H2. The summed E-state index contributed by atoms with van der Waals surface area (Å²) in [4.78, 5) is 29.8. The van der Waals surface area contributed by atoms with Crippen LogP contribution in [-0.2, 0) is 13.0 Å². The molecule has 4 aromatic rings. The zero-order valence-corrected chi connectivity index (χ0v) is 15.6. The Morgan fingerprint density at radius 2 is 1.82 bits per heavy atom. The van der Waals surface area contributed by atoms with E-state index in [-0.39, 0.29) is 17.9 Å². The SMILES string of the molecule is O=C(Cn1cnc2cc(Cl)ccc2c1=O)c1ccc2c(c1)-c1ccccc1C2. The highest BCUT2D eigenvalue weighted by Gasteiger charge is 2.20. The Kier molecular flexibility index (Phi) is 3.88. The van der Waals surface area contributed by atoms with Crippen LogP contribution in [0.25, 0.3) is 22.0 Å². The number of ketones is 1. The van der Waals surface area contributed by atoms with Gasteiger partial charge in [-0.2, -0.15) is 0 Å². The first kappa shape index (κ1) is 16.9. The second kappa shape index (κ2) is 6.43. The lowest BCUT2D eigenvalue weighted by atomic mass is 10.0. The lowest BCUT2D eigenvalue weighted by Crippen LogP contribution is -2.24. The minimum Gasteiger partial charge on any atom is -0.292 e. The number of benzene rings is 3. The maximum Gasteiger partial charge on any atom is 0.261 e. The van der Waals surface area contributed by atoms with E-state index in [0.717, 1.165) is 12.0 Å². The molecule has 0 saturated carbocycles. The highest BCUT2D eigenvalue weighted by Crippen LogP contribution is 2.36. The fourth-order valence-electron chi connectivity index (χ4n) is 3.79. The van der Waals surface area contributed by atoms with E-state index in [1.165, 1.54) is 27.6 Å². The maximum atomic E-state index is 12.9. The number of halogens is 1. The molecule has 136 valence electrons. The molecule has 4 nitrogen and oxygen atoms in total.